The van der Waals surface area contributed by atoms with Crippen molar-refractivity contribution < 1.29 is 13.2 Å². The summed E-state index contributed by atoms with van der Waals surface area (Å²) in [7, 11) is 4.05. The van der Waals surface area contributed by atoms with Gasteiger partial charge in [-0.3, -0.25) is 0 Å². The molecule has 0 spiro atoms. The second-order valence-electron chi connectivity index (χ2n) is 5.57. The first-order valence-corrected chi connectivity index (χ1v) is 6.92. The van der Waals surface area contributed by atoms with Crippen LogP contribution in [0.25, 0.3) is 6.08 Å². The van der Waals surface area contributed by atoms with Gasteiger partial charge >= 0.3 is 6.18 Å². The van der Waals surface area contributed by atoms with E-state index in [9.17, 15) is 13.2 Å². The lowest BCUT2D eigenvalue weighted by Gasteiger charge is -2.31. The molecular weight excluding hydrogens is 263 g/mol. The number of alkyl halides is 3. The summed E-state index contributed by atoms with van der Waals surface area (Å²) in [6.45, 7) is 0. The monoisotopic (exact) mass is 283 g/mol. The third kappa shape index (κ3) is 3.63. The van der Waals surface area contributed by atoms with Crippen LogP contribution >= 0.6 is 0 Å². The molecule has 1 saturated carbocycles. The van der Waals surface area contributed by atoms with Crippen molar-refractivity contribution in [3.05, 3.63) is 41.0 Å². The highest BCUT2D eigenvalue weighted by molar-refractivity contribution is 5.55. The molecule has 0 saturated heterocycles. The Labute approximate surface area is 118 Å². The topological polar surface area (TPSA) is 3.24 Å². The van der Waals surface area contributed by atoms with Crippen molar-refractivity contribution in [2.45, 2.75) is 37.9 Å². The number of rotatable bonds is 2. The molecule has 4 heteroatoms. The van der Waals surface area contributed by atoms with Gasteiger partial charge in [-0.2, -0.15) is 13.2 Å². The molecule has 0 N–H and O–H groups in total. The lowest BCUT2D eigenvalue weighted by molar-refractivity contribution is -0.137. The molecule has 1 atom stereocenters. The molecule has 0 heterocycles. The maximum atomic E-state index is 12.7. The van der Waals surface area contributed by atoms with Gasteiger partial charge in [-0.15, -0.1) is 0 Å². The molecular formula is C16H20F3N. The van der Waals surface area contributed by atoms with E-state index in [0.29, 0.717) is 11.6 Å². The molecule has 0 bridgehead atoms. The Morgan fingerprint density at radius 1 is 1.20 bits per heavy atom. The fourth-order valence-corrected chi connectivity index (χ4v) is 2.80. The summed E-state index contributed by atoms with van der Waals surface area (Å²) in [6, 6.07) is 5.91. The van der Waals surface area contributed by atoms with Crippen LogP contribution in [0.3, 0.4) is 0 Å². The van der Waals surface area contributed by atoms with Crippen LogP contribution in [-0.4, -0.2) is 25.0 Å². The van der Waals surface area contributed by atoms with Crippen LogP contribution in [0.1, 0.15) is 36.8 Å². The van der Waals surface area contributed by atoms with Gasteiger partial charge in [0, 0.05) is 6.04 Å². The van der Waals surface area contributed by atoms with E-state index in [4.69, 9.17) is 0 Å². The summed E-state index contributed by atoms with van der Waals surface area (Å²) in [5.74, 6) is 0. The average Bonchev–Trinajstić information content (AvgIpc) is 2.38. The van der Waals surface area contributed by atoms with E-state index in [-0.39, 0.29) is 0 Å². The first kappa shape index (κ1) is 15.1. The molecule has 110 valence electrons. The van der Waals surface area contributed by atoms with Crippen LogP contribution in [0.15, 0.2) is 29.8 Å². The van der Waals surface area contributed by atoms with Crippen molar-refractivity contribution in [1.29, 1.82) is 0 Å². The normalized spacial score (nSPS) is 22.5. The Balaban J connectivity index is 2.29. The number of nitrogens with zero attached hydrogens (tertiary/aromatic N) is 1. The summed E-state index contributed by atoms with van der Waals surface area (Å²) in [6.07, 6.45) is 2.01. The van der Waals surface area contributed by atoms with Crippen molar-refractivity contribution in [2.24, 2.45) is 0 Å². The van der Waals surface area contributed by atoms with E-state index in [2.05, 4.69) is 4.90 Å². The van der Waals surface area contributed by atoms with Crippen molar-refractivity contribution in [3.63, 3.8) is 0 Å². The molecule has 1 nitrogen and oxygen atoms in total. The average molecular weight is 283 g/mol. The van der Waals surface area contributed by atoms with Gasteiger partial charge < -0.3 is 4.90 Å². The molecule has 1 unspecified atom stereocenters. The summed E-state index contributed by atoms with van der Waals surface area (Å²) in [5, 5.41) is 0. The van der Waals surface area contributed by atoms with Gasteiger partial charge in [-0.05, 0) is 51.1 Å². The van der Waals surface area contributed by atoms with Crippen LogP contribution in [0.4, 0.5) is 13.2 Å². The third-order valence-corrected chi connectivity index (χ3v) is 3.81. The predicted octanol–water partition coefficient (Wildman–Crippen LogP) is 4.59. The van der Waals surface area contributed by atoms with Gasteiger partial charge in [0.1, 0.15) is 0 Å². The van der Waals surface area contributed by atoms with Crippen molar-refractivity contribution >= 4 is 6.08 Å². The number of benzene rings is 1. The SMILES string of the molecule is CN(C)C1CCCCC1=Cc1cccc(C(F)(F)F)c1. The molecule has 0 amide bonds. The van der Waals surface area contributed by atoms with Crippen LogP contribution in [0, 0.1) is 0 Å². The maximum Gasteiger partial charge on any atom is 0.416 e. The van der Waals surface area contributed by atoms with E-state index in [1.165, 1.54) is 24.1 Å². The van der Waals surface area contributed by atoms with Gasteiger partial charge in [-0.25, -0.2) is 0 Å². The predicted molar refractivity (Wildman–Crippen MR) is 75.4 cm³/mol. The Hall–Kier alpha value is -1.29. The molecule has 1 aliphatic carbocycles. The fraction of sp³-hybridized carbons (Fsp3) is 0.500. The van der Waals surface area contributed by atoms with E-state index in [1.807, 2.05) is 20.2 Å². The van der Waals surface area contributed by atoms with E-state index < -0.39 is 11.7 Å². The third-order valence-electron chi connectivity index (χ3n) is 3.81. The maximum absolute atomic E-state index is 12.7. The van der Waals surface area contributed by atoms with Crippen LogP contribution in [-0.2, 0) is 6.18 Å². The summed E-state index contributed by atoms with van der Waals surface area (Å²) in [4.78, 5) is 2.15. The molecule has 0 aliphatic heterocycles. The van der Waals surface area contributed by atoms with E-state index in [1.54, 1.807) is 6.07 Å². The first-order chi connectivity index (χ1) is 9.38. The molecule has 1 aliphatic rings. The molecule has 0 aromatic heterocycles. The lowest BCUT2D eigenvalue weighted by Crippen LogP contribution is -2.31. The highest BCUT2D eigenvalue weighted by atomic mass is 19.4. The van der Waals surface area contributed by atoms with Gasteiger partial charge in [0.15, 0.2) is 0 Å². The highest BCUT2D eigenvalue weighted by Gasteiger charge is 2.30. The number of likely N-dealkylation sites (N-methyl/N-ethyl adjacent to an activating group) is 1. The lowest BCUT2D eigenvalue weighted by atomic mass is 9.88. The van der Waals surface area contributed by atoms with Gasteiger partial charge in [0.05, 0.1) is 5.56 Å². The number of hydrogen-bond donors (Lipinski definition) is 0. The van der Waals surface area contributed by atoms with Crippen LogP contribution < -0.4 is 0 Å². The Morgan fingerprint density at radius 3 is 2.60 bits per heavy atom. The summed E-state index contributed by atoms with van der Waals surface area (Å²) in [5.41, 5.74) is 1.30. The standard InChI is InChI=1S/C16H20F3N/c1-20(2)15-9-4-3-7-13(15)10-12-6-5-8-14(11-12)16(17,18)19/h5-6,8,10-11,15H,3-4,7,9H2,1-2H3. The Bertz CT molecular complexity index is 489. The van der Waals surface area contributed by atoms with Gasteiger partial charge in [0.2, 0.25) is 0 Å². The highest BCUT2D eigenvalue weighted by Crippen LogP contribution is 2.32. The van der Waals surface area contributed by atoms with Crippen LogP contribution in [0.2, 0.25) is 0 Å². The first-order valence-electron chi connectivity index (χ1n) is 6.92. The van der Waals surface area contributed by atoms with Gasteiger partial charge in [0.25, 0.3) is 0 Å². The molecule has 1 aromatic rings. The smallest absolute Gasteiger partial charge is 0.303 e. The Morgan fingerprint density at radius 2 is 1.95 bits per heavy atom. The quantitative estimate of drug-likeness (QED) is 0.767. The minimum Gasteiger partial charge on any atom is -0.303 e. The molecule has 1 aromatic carbocycles. The number of hydrogen-bond acceptors (Lipinski definition) is 1. The van der Waals surface area contributed by atoms with Crippen LogP contribution in [0.5, 0.6) is 0 Å². The van der Waals surface area contributed by atoms with Gasteiger partial charge in [-0.1, -0.05) is 30.2 Å². The zero-order valence-electron chi connectivity index (χ0n) is 11.9. The second-order valence-corrected chi connectivity index (χ2v) is 5.57. The molecule has 2 rings (SSSR count). The second kappa shape index (κ2) is 6.00. The fourth-order valence-electron chi connectivity index (χ4n) is 2.80. The van der Waals surface area contributed by atoms with Crippen molar-refractivity contribution in [3.8, 4) is 0 Å². The Kier molecular flexibility index (Phi) is 4.53. The molecule has 20 heavy (non-hydrogen) atoms. The van der Waals surface area contributed by atoms with Crippen molar-refractivity contribution in [2.75, 3.05) is 14.1 Å². The zero-order valence-corrected chi connectivity index (χ0v) is 11.9. The summed E-state index contributed by atoms with van der Waals surface area (Å²) >= 11 is 0. The largest absolute Gasteiger partial charge is 0.416 e. The van der Waals surface area contributed by atoms with E-state index in [0.717, 1.165) is 25.3 Å². The number of halogens is 3. The minimum absolute atomic E-state index is 0.346. The van der Waals surface area contributed by atoms with Crippen molar-refractivity contribution in [1.82, 2.24) is 4.90 Å². The van der Waals surface area contributed by atoms with E-state index >= 15 is 0 Å². The summed E-state index contributed by atoms with van der Waals surface area (Å²) < 4.78 is 38.2. The molecule has 1 fully saturated rings. The zero-order chi connectivity index (χ0) is 14.8. The minimum atomic E-state index is -4.28. The molecule has 0 radical (unpaired) electrons.